The molecule has 0 aliphatic carbocycles. The zero-order valence-electron chi connectivity index (χ0n) is 18.9. The topological polar surface area (TPSA) is 59.0 Å². The number of likely N-dealkylation sites (tertiary alicyclic amines) is 1. The fraction of sp³-hybridized carbons (Fsp3) is 0.444. The van der Waals surface area contributed by atoms with Gasteiger partial charge in [0.05, 0.1) is 13.2 Å². The Labute approximate surface area is 194 Å². The Bertz CT molecular complexity index is 934. The van der Waals surface area contributed by atoms with Gasteiger partial charge in [0.25, 0.3) is 5.91 Å². The number of aliphatic hydroxyl groups excluding tert-OH is 1. The van der Waals surface area contributed by atoms with Crippen LogP contribution in [0.4, 0.5) is 4.39 Å². The molecule has 2 heterocycles. The zero-order valence-corrected chi connectivity index (χ0v) is 18.9. The maximum atomic E-state index is 13.5. The van der Waals surface area contributed by atoms with Crippen molar-refractivity contribution in [1.82, 2.24) is 4.90 Å². The number of hydrogen-bond donors (Lipinski definition) is 1. The average Bonchev–Trinajstić information content (AvgIpc) is 2.83. The third-order valence-corrected chi connectivity index (χ3v) is 6.35. The minimum Gasteiger partial charge on any atom is -0.459 e. The van der Waals surface area contributed by atoms with Gasteiger partial charge in [0, 0.05) is 25.4 Å². The Morgan fingerprint density at radius 3 is 2.27 bits per heavy atom. The standard InChI is InChI=1S/C27H32FNO4/c28-24-12-10-22(11-13-24)23-16-25(27(31)29-14-4-2-1-3-5-15-29)33-26(17-23)32-19-21-8-6-20(18-30)7-9-21/h6-13,16,23,26,30H,1-5,14-15,17-19H2/t23-,26+/m0/s1. The molecule has 2 aliphatic heterocycles. The molecule has 6 heteroatoms. The minimum absolute atomic E-state index is 0.00100. The summed E-state index contributed by atoms with van der Waals surface area (Å²) in [6, 6.07) is 13.9. The summed E-state index contributed by atoms with van der Waals surface area (Å²) in [5, 5.41) is 9.22. The summed E-state index contributed by atoms with van der Waals surface area (Å²) >= 11 is 0. The average molecular weight is 454 g/mol. The second kappa shape index (κ2) is 11.4. The van der Waals surface area contributed by atoms with Gasteiger partial charge in [0.1, 0.15) is 5.82 Å². The van der Waals surface area contributed by atoms with Gasteiger partial charge < -0.3 is 19.5 Å². The van der Waals surface area contributed by atoms with Gasteiger partial charge >= 0.3 is 0 Å². The summed E-state index contributed by atoms with van der Waals surface area (Å²) in [6.07, 6.45) is 7.33. The Kier molecular flexibility index (Phi) is 8.13. The summed E-state index contributed by atoms with van der Waals surface area (Å²) in [7, 11) is 0. The van der Waals surface area contributed by atoms with E-state index >= 15 is 0 Å². The van der Waals surface area contributed by atoms with Crippen molar-refractivity contribution in [3.63, 3.8) is 0 Å². The highest BCUT2D eigenvalue weighted by Gasteiger charge is 2.31. The summed E-state index contributed by atoms with van der Waals surface area (Å²) < 4.78 is 25.6. The van der Waals surface area contributed by atoms with Crippen LogP contribution >= 0.6 is 0 Å². The Morgan fingerprint density at radius 1 is 0.970 bits per heavy atom. The van der Waals surface area contributed by atoms with Crippen LogP contribution in [0.15, 0.2) is 60.4 Å². The van der Waals surface area contributed by atoms with E-state index in [2.05, 4.69) is 0 Å². The third-order valence-electron chi connectivity index (χ3n) is 6.35. The second-order valence-corrected chi connectivity index (χ2v) is 8.82. The van der Waals surface area contributed by atoms with E-state index < -0.39 is 6.29 Å². The molecule has 33 heavy (non-hydrogen) atoms. The highest BCUT2D eigenvalue weighted by atomic mass is 19.1. The molecule has 4 rings (SSSR count). The summed E-state index contributed by atoms with van der Waals surface area (Å²) in [5.41, 5.74) is 2.73. The van der Waals surface area contributed by atoms with Crippen LogP contribution in [0.25, 0.3) is 0 Å². The smallest absolute Gasteiger partial charge is 0.288 e. The molecule has 1 saturated heterocycles. The number of carbonyl (C=O) groups excluding carboxylic acids is 1. The van der Waals surface area contributed by atoms with E-state index in [1.54, 1.807) is 12.1 Å². The molecule has 0 bridgehead atoms. The third kappa shape index (κ3) is 6.42. The number of benzene rings is 2. The SMILES string of the molecule is O=C(C1=C[C@H](c2ccc(F)cc2)C[C@H](OCc2ccc(CO)cc2)O1)N1CCCCCCC1. The highest BCUT2D eigenvalue weighted by molar-refractivity contribution is 5.91. The van der Waals surface area contributed by atoms with Crippen molar-refractivity contribution in [3.05, 3.63) is 82.9 Å². The molecule has 5 nitrogen and oxygen atoms in total. The van der Waals surface area contributed by atoms with Crippen LogP contribution in [0, 0.1) is 5.82 Å². The molecular weight excluding hydrogens is 421 g/mol. The summed E-state index contributed by atoms with van der Waals surface area (Å²) in [4.78, 5) is 15.2. The van der Waals surface area contributed by atoms with E-state index in [1.165, 1.54) is 18.6 Å². The molecule has 0 spiro atoms. The van der Waals surface area contributed by atoms with Crippen molar-refractivity contribution >= 4 is 5.91 Å². The zero-order chi connectivity index (χ0) is 23.0. The van der Waals surface area contributed by atoms with E-state index in [0.717, 1.165) is 55.5 Å². The number of carbonyl (C=O) groups is 1. The van der Waals surface area contributed by atoms with E-state index in [0.29, 0.717) is 18.8 Å². The lowest BCUT2D eigenvalue weighted by Gasteiger charge is -2.32. The first-order chi connectivity index (χ1) is 16.1. The molecule has 0 unspecified atom stereocenters. The molecular formula is C27H32FNO4. The van der Waals surface area contributed by atoms with Crippen molar-refractivity contribution in [2.75, 3.05) is 13.1 Å². The summed E-state index contributed by atoms with van der Waals surface area (Å²) in [5.74, 6) is -0.165. The Morgan fingerprint density at radius 2 is 1.61 bits per heavy atom. The molecule has 2 aromatic carbocycles. The van der Waals surface area contributed by atoms with Crippen molar-refractivity contribution < 1.29 is 23.8 Å². The van der Waals surface area contributed by atoms with Gasteiger partial charge in [-0.25, -0.2) is 4.39 Å². The van der Waals surface area contributed by atoms with Gasteiger partial charge in [-0.15, -0.1) is 0 Å². The van der Waals surface area contributed by atoms with Crippen molar-refractivity contribution in [2.45, 2.75) is 63.9 Å². The van der Waals surface area contributed by atoms with Crippen LogP contribution in [-0.4, -0.2) is 35.3 Å². The van der Waals surface area contributed by atoms with Gasteiger partial charge in [0.15, 0.2) is 5.76 Å². The van der Waals surface area contributed by atoms with Gasteiger partial charge in [-0.3, -0.25) is 4.79 Å². The highest BCUT2D eigenvalue weighted by Crippen LogP contribution is 2.33. The van der Waals surface area contributed by atoms with Crippen molar-refractivity contribution in [3.8, 4) is 0 Å². The van der Waals surface area contributed by atoms with Crippen LogP contribution in [0.1, 0.15) is 61.1 Å². The normalized spacial score (nSPS) is 21.5. The number of hydrogen-bond acceptors (Lipinski definition) is 4. The maximum absolute atomic E-state index is 13.5. The molecule has 2 aromatic rings. The van der Waals surface area contributed by atoms with Crippen molar-refractivity contribution in [1.29, 1.82) is 0 Å². The van der Waals surface area contributed by atoms with Gasteiger partial charge in [-0.2, -0.15) is 0 Å². The van der Waals surface area contributed by atoms with E-state index in [1.807, 2.05) is 35.2 Å². The summed E-state index contributed by atoms with van der Waals surface area (Å²) in [6.45, 7) is 1.81. The number of nitrogens with zero attached hydrogens (tertiary/aromatic N) is 1. The molecule has 176 valence electrons. The number of ether oxygens (including phenoxy) is 2. The maximum Gasteiger partial charge on any atom is 0.288 e. The largest absolute Gasteiger partial charge is 0.459 e. The molecule has 2 aliphatic rings. The first kappa shape index (κ1) is 23.5. The van der Waals surface area contributed by atoms with E-state index in [9.17, 15) is 14.3 Å². The number of halogens is 1. The molecule has 0 radical (unpaired) electrons. The first-order valence-corrected chi connectivity index (χ1v) is 11.9. The van der Waals surface area contributed by atoms with Gasteiger partial charge in [-0.05, 0) is 47.7 Å². The van der Waals surface area contributed by atoms with Crippen LogP contribution in [0.2, 0.25) is 0 Å². The first-order valence-electron chi connectivity index (χ1n) is 11.9. The van der Waals surface area contributed by atoms with Crippen LogP contribution in [-0.2, 0) is 27.5 Å². The lowest BCUT2D eigenvalue weighted by atomic mass is 9.92. The molecule has 2 atom stereocenters. The monoisotopic (exact) mass is 453 g/mol. The fourth-order valence-corrected chi connectivity index (χ4v) is 4.39. The predicted molar refractivity (Wildman–Crippen MR) is 124 cm³/mol. The minimum atomic E-state index is -0.587. The molecule has 0 aromatic heterocycles. The number of amides is 1. The van der Waals surface area contributed by atoms with E-state index in [-0.39, 0.29) is 24.2 Å². The Hall–Kier alpha value is -2.70. The van der Waals surface area contributed by atoms with E-state index in [4.69, 9.17) is 9.47 Å². The van der Waals surface area contributed by atoms with Crippen LogP contribution in [0.3, 0.4) is 0 Å². The fourth-order valence-electron chi connectivity index (χ4n) is 4.39. The molecule has 0 saturated carbocycles. The van der Waals surface area contributed by atoms with Crippen molar-refractivity contribution in [2.24, 2.45) is 0 Å². The predicted octanol–water partition coefficient (Wildman–Crippen LogP) is 5.04. The number of allylic oxidation sites excluding steroid dienone is 1. The number of aliphatic hydroxyl groups is 1. The quantitative estimate of drug-likeness (QED) is 0.666. The Balaban J connectivity index is 1.50. The molecule has 1 N–H and O–H groups in total. The van der Waals surface area contributed by atoms with Gasteiger partial charge in [-0.1, -0.05) is 55.7 Å². The lowest BCUT2D eigenvalue weighted by Crippen LogP contribution is -2.38. The van der Waals surface area contributed by atoms with Crippen LogP contribution in [0.5, 0.6) is 0 Å². The van der Waals surface area contributed by atoms with Crippen LogP contribution < -0.4 is 0 Å². The number of rotatable bonds is 6. The molecule has 1 amide bonds. The second-order valence-electron chi connectivity index (χ2n) is 8.82. The lowest BCUT2D eigenvalue weighted by molar-refractivity contribution is -0.156. The molecule has 1 fully saturated rings. The van der Waals surface area contributed by atoms with Gasteiger partial charge in [0.2, 0.25) is 6.29 Å².